The molecule has 0 fully saturated rings. The number of aliphatic hydroxyl groups is 1. The lowest BCUT2D eigenvalue weighted by molar-refractivity contribution is 0.205. The molecule has 0 radical (unpaired) electrons. The topological polar surface area (TPSA) is 66.7 Å². The highest BCUT2D eigenvalue weighted by Gasteiger charge is 2.14. The fraction of sp³-hybridized carbons (Fsp3) is 0.250. The second kappa shape index (κ2) is 3.02. The van der Waals surface area contributed by atoms with Gasteiger partial charge in [-0.3, -0.25) is 4.68 Å². The van der Waals surface area contributed by atoms with Gasteiger partial charge in [-0.1, -0.05) is 0 Å². The third-order valence-corrected chi connectivity index (χ3v) is 1.79. The van der Waals surface area contributed by atoms with Crippen LogP contribution in [0, 0.1) is 0 Å². The number of nitrogens with one attached hydrogen (secondary N) is 1. The predicted molar refractivity (Wildman–Crippen MR) is 45.9 cm³/mol. The third-order valence-electron chi connectivity index (χ3n) is 1.79. The van der Waals surface area contributed by atoms with Crippen molar-refractivity contribution in [3.05, 3.63) is 36.2 Å². The number of aromatic amines is 1. The van der Waals surface area contributed by atoms with Crippen molar-refractivity contribution >= 4 is 0 Å². The SMILES string of the molecule is Cn1ccc(C(O)c2ncc[nH]2)n1. The molecule has 0 bridgehead atoms. The van der Waals surface area contributed by atoms with E-state index in [9.17, 15) is 5.11 Å². The first-order chi connectivity index (χ1) is 6.27. The van der Waals surface area contributed by atoms with E-state index in [0.29, 0.717) is 11.5 Å². The average Bonchev–Trinajstić information content (AvgIpc) is 2.72. The van der Waals surface area contributed by atoms with Crippen molar-refractivity contribution in [1.82, 2.24) is 19.7 Å². The van der Waals surface area contributed by atoms with Crippen LogP contribution in [0.1, 0.15) is 17.6 Å². The van der Waals surface area contributed by atoms with E-state index in [1.807, 2.05) is 0 Å². The molecular formula is C8H10N4O. The zero-order valence-electron chi connectivity index (χ0n) is 7.18. The Bertz CT molecular complexity index is 379. The van der Waals surface area contributed by atoms with Crippen LogP contribution in [0.5, 0.6) is 0 Å². The fourth-order valence-electron chi connectivity index (χ4n) is 1.15. The van der Waals surface area contributed by atoms with Gasteiger partial charge in [0.2, 0.25) is 0 Å². The molecule has 0 saturated carbocycles. The molecule has 2 heterocycles. The number of aliphatic hydroxyl groups excluding tert-OH is 1. The quantitative estimate of drug-likeness (QED) is 0.691. The monoisotopic (exact) mass is 178 g/mol. The number of aromatic nitrogens is 4. The zero-order valence-corrected chi connectivity index (χ0v) is 7.18. The van der Waals surface area contributed by atoms with Crippen molar-refractivity contribution in [3.63, 3.8) is 0 Å². The molecule has 5 nitrogen and oxygen atoms in total. The summed E-state index contributed by atoms with van der Waals surface area (Å²) in [6.45, 7) is 0. The van der Waals surface area contributed by atoms with E-state index in [0.717, 1.165) is 0 Å². The Balaban J connectivity index is 2.28. The standard InChI is InChI=1S/C8H10N4O/c1-12-5-2-6(11-12)7(13)8-9-3-4-10-8/h2-5,7,13H,1H3,(H,9,10). The Kier molecular flexibility index (Phi) is 1.86. The van der Waals surface area contributed by atoms with Crippen LogP contribution in [0.4, 0.5) is 0 Å². The molecule has 0 aliphatic rings. The number of hydrogen-bond acceptors (Lipinski definition) is 3. The van der Waals surface area contributed by atoms with E-state index in [-0.39, 0.29) is 0 Å². The molecule has 0 aliphatic carbocycles. The lowest BCUT2D eigenvalue weighted by atomic mass is 10.2. The van der Waals surface area contributed by atoms with Crippen molar-refractivity contribution < 1.29 is 5.11 Å². The average molecular weight is 178 g/mol. The van der Waals surface area contributed by atoms with Crippen LogP contribution < -0.4 is 0 Å². The van der Waals surface area contributed by atoms with Gasteiger partial charge in [-0.2, -0.15) is 5.10 Å². The largest absolute Gasteiger partial charge is 0.379 e. The molecule has 2 rings (SSSR count). The normalized spacial score (nSPS) is 13.1. The van der Waals surface area contributed by atoms with E-state index >= 15 is 0 Å². The minimum absolute atomic E-state index is 0.513. The van der Waals surface area contributed by atoms with Crippen molar-refractivity contribution in [2.24, 2.45) is 7.05 Å². The zero-order chi connectivity index (χ0) is 9.26. The molecule has 0 aromatic carbocycles. The van der Waals surface area contributed by atoms with Gasteiger partial charge < -0.3 is 10.1 Å². The molecule has 0 saturated heterocycles. The van der Waals surface area contributed by atoms with Gasteiger partial charge >= 0.3 is 0 Å². The molecule has 1 unspecified atom stereocenters. The van der Waals surface area contributed by atoms with Crippen molar-refractivity contribution in [1.29, 1.82) is 0 Å². The Morgan fingerprint density at radius 2 is 2.46 bits per heavy atom. The fourth-order valence-corrected chi connectivity index (χ4v) is 1.15. The van der Waals surface area contributed by atoms with Gasteiger partial charge in [0, 0.05) is 25.6 Å². The second-order valence-corrected chi connectivity index (χ2v) is 2.79. The Labute approximate surface area is 75.0 Å². The minimum Gasteiger partial charge on any atom is -0.379 e. The summed E-state index contributed by atoms with van der Waals surface area (Å²) in [6.07, 6.45) is 4.28. The van der Waals surface area contributed by atoms with Gasteiger partial charge in [-0.15, -0.1) is 0 Å². The number of hydrogen-bond donors (Lipinski definition) is 2. The lowest BCUT2D eigenvalue weighted by Crippen LogP contribution is -2.03. The highest BCUT2D eigenvalue weighted by Crippen LogP contribution is 2.15. The molecule has 2 aromatic heterocycles. The molecule has 0 spiro atoms. The van der Waals surface area contributed by atoms with Gasteiger partial charge in [0.25, 0.3) is 0 Å². The molecule has 5 heteroatoms. The summed E-state index contributed by atoms with van der Waals surface area (Å²) in [7, 11) is 1.80. The van der Waals surface area contributed by atoms with Gasteiger partial charge in [0.1, 0.15) is 5.82 Å². The van der Waals surface area contributed by atoms with Gasteiger partial charge in [0.15, 0.2) is 6.10 Å². The van der Waals surface area contributed by atoms with Crippen LogP contribution in [0.2, 0.25) is 0 Å². The van der Waals surface area contributed by atoms with Crippen LogP contribution >= 0.6 is 0 Å². The molecule has 1 atom stereocenters. The van der Waals surface area contributed by atoms with E-state index in [1.165, 1.54) is 0 Å². The van der Waals surface area contributed by atoms with E-state index in [4.69, 9.17) is 0 Å². The Hall–Kier alpha value is -1.62. The Morgan fingerprint density at radius 1 is 1.62 bits per heavy atom. The van der Waals surface area contributed by atoms with Crippen LogP contribution in [0.3, 0.4) is 0 Å². The number of imidazole rings is 1. The Morgan fingerprint density at radius 3 is 3.00 bits per heavy atom. The predicted octanol–water partition coefficient (Wildman–Crippen LogP) is 0.225. The maximum atomic E-state index is 9.72. The number of rotatable bonds is 2. The summed E-state index contributed by atoms with van der Waals surface area (Å²) in [4.78, 5) is 6.78. The smallest absolute Gasteiger partial charge is 0.155 e. The maximum Gasteiger partial charge on any atom is 0.155 e. The van der Waals surface area contributed by atoms with Gasteiger partial charge in [-0.05, 0) is 6.07 Å². The first-order valence-electron chi connectivity index (χ1n) is 3.94. The molecular weight excluding hydrogens is 168 g/mol. The van der Waals surface area contributed by atoms with Gasteiger partial charge in [-0.25, -0.2) is 4.98 Å². The maximum absolute atomic E-state index is 9.72. The summed E-state index contributed by atoms with van der Waals surface area (Å²) in [6, 6.07) is 1.76. The van der Waals surface area contributed by atoms with Crippen molar-refractivity contribution in [2.45, 2.75) is 6.10 Å². The summed E-state index contributed by atoms with van der Waals surface area (Å²) < 4.78 is 1.64. The van der Waals surface area contributed by atoms with E-state index in [1.54, 1.807) is 36.4 Å². The second-order valence-electron chi connectivity index (χ2n) is 2.79. The molecule has 0 amide bonds. The van der Waals surface area contributed by atoms with Crippen LogP contribution in [0.25, 0.3) is 0 Å². The molecule has 13 heavy (non-hydrogen) atoms. The van der Waals surface area contributed by atoms with Crippen LogP contribution in [0.15, 0.2) is 24.7 Å². The molecule has 2 N–H and O–H groups in total. The summed E-state index contributed by atoms with van der Waals surface area (Å²) in [5.74, 6) is 0.513. The highest BCUT2D eigenvalue weighted by atomic mass is 16.3. The van der Waals surface area contributed by atoms with E-state index in [2.05, 4.69) is 15.1 Å². The van der Waals surface area contributed by atoms with Crippen molar-refractivity contribution in [2.75, 3.05) is 0 Å². The lowest BCUT2D eigenvalue weighted by Gasteiger charge is -2.02. The number of aryl methyl sites for hydroxylation is 1. The number of nitrogens with zero attached hydrogens (tertiary/aromatic N) is 3. The molecule has 0 aliphatic heterocycles. The number of H-pyrrole nitrogens is 1. The summed E-state index contributed by atoms with van der Waals surface area (Å²) in [5.41, 5.74) is 0.595. The van der Waals surface area contributed by atoms with Crippen LogP contribution in [-0.4, -0.2) is 24.9 Å². The summed E-state index contributed by atoms with van der Waals surface area (Å²) >= 11 is 0. The first-order valence-corrected chi connectivity index (χ1v) is 3.94. The first kappa shape index (κ1) is 8.00. The van der Waals surface area contributed by atoms with Gasteiger partial charge in [0.05, 0.1) is 5.69 Å². The highest BCUT2D eigenvalue weighted by molar-refractivity contribution is 5.12. The van der Waals surface area contributed by atoms with Crippen LogP contribution in [-0.2, 0) is 7.05 Å². The summed E-state index contributed by atoms with van der Waals surface area (Å²) in [5, 5.41) is 13.8. The van der Waals surface area contributed by atoms with Crippen molar-refractivity contribution in [3.8, 4) is 0 Å². The molecule has 2 aromatic rings. The molecule has 68 valence electrons. The third kappa shape index (κ3) is 1.46. The van der Waals surface area contributed by atoms with E-state index < -0.39 is 6.10 Å². The minimum atomic E-state index is -0.767.